The molecule has 0 saturated heterocycles. The molecule has 8 nitrogen and oxygen atoms in total. The summed E-state index contributed by atoms with van der Waals surface area (Å²) < 4.78 is 42.4. The number of hydrogen-bond acceptors (Lipinski definition) is 5. The molecule has 2 heterocycles. The maximum atomic E-state index is 14.3. The summed E-state index contributed by atoms with van der Waals surface area (Å²) in [5.74, 6) is -0.285. The van der Waals surface area contributed by atoms with Crippen molar-refractivity contribution in [2.45, 2.75) is 30.6 Å². The molecule has 0 bridgehead atoms. The molecule has 1 aliphatic rings. The van der Waals surface area contributed by atoms with Gasteiger partial charge >= 0.3 is 0 Å². The summed E-state index contributed by atoms with van der Waals surface area (Å²) in [5.41, 5.74) is 1.34. The molecule has 166 valence electrons. The van der Waals surface area contributed by atoms with Gasteiger partial charge in [0.15, 0.2) is 0 Å². The molecule has 0 radical (unpaired) electrons. The first kappa shape index (κ1) is 21.7. The van der Waals surface area contributed by atoms with Crippen LogP contribution < -0.4 is 10.0 Å². The molecule has 10 heteroatoms. The zero-order valence-corrected chi connectivity index (χ0v) is 18.0. The minimum atomic E-state index is -3.53. The van der Waals surface area contributed by atoms with Gasteiger partial charge in [0.25, 0.3) is 10.0 Å². The highest BCUT2D eigenvalue weighted by molar-refractivity contribution is 7.90. The molecule has 1 aliphatic heterocycles. The van der Waals surface area contributed by atoms with Crippen LogP contribution >= 0.6 is 0 Å². The number of anilines is 1. The fraction of sp³-hybridized carbons (Fsp3) is 0.227. The van der Waals surface area contributed by atoms with Crippen molar-refractivity contribution in [1.29, 1.82) is 0 Å². The van der Waals surface area contributed by atoms with Gasteiger partial charge in [-0.05, 0) is 43.2 Å². The highest BCUT2D eigenvalue weighted by Gasteiger charge is 2.29. The molecule has 0 spiro atoms. The van der Waals surface area contributed by atoms with Gasteiger partial charge in [-0.1, -0.05) is 18.6 Å². The summed E-state index contributed by atoms with van der Waals surface area (Å²) in [7, 11) is -3.53. The van der Waals surface area contributed by atoms with Crippen LogP contribution in [0.5, 0.6) is 0 Å². The Bertz CT molecular complexity index is 1260. The van der Waals surface area contributed by atoms with Gasteiger partial charge in [-0.15, -0.1) is 0 Å². The highest BCUT2D eigenvalue weighted by atomic mass is 32.2. The number of fused-ring (bicyclic) bond motifs is 1. The number of imidazole rings is 1. The highest BCUT2D eigenvalue weighted by Crippen LogP contribution is 2.22. The monoisotopic (exact) mass is 455 g/mol. The Balaban J connectivity index is 1.21. The van der Waals surface area contributed by atoms with E-state index in [9.17, 15) is 17.6 Å². The molecule has 0 fully saturated rings. The topological polar surface area (TPSA) is 105 Å². The number of amidine groups is 1. The molecule has 4 rings (SSSR count). The molecule has 2 N–H and O–H groups in total. The number of aromatic nitrogens is 2. The van der Waals surface area contributed by atoms with Crippen molar-refractivity contribution in [2.24, 2.45) is 4.99 Å². The number of hydrogen-bond donors (Lipinski definition) is 2. The van der Waals surface area contributed by atoms with Crippen LogP contribution in [0.15, 0.2) is 71.1 Å². The summed E-state index contributed by atoms with van der Waals surface area (Å²) in [5, 5.41) is 2.70. The lowest BCUT2D eigenvalue weighted by Crippen LogP contribution is -2.22. The third kappa shape index (κ3) is 4.86. The second-order valence-corrected chi connectivity index (χ2v) is 8.98. The number of halogens is 1. The first-order chi connectivity index (χ1) is 15.4. The van der Waals surface area contributed by atoms with E-state index < -0.39 is 15.8 Å². The number of nitrogens with one attached hydrogen (secondary N) is 2. The van der Waals surface area contributed by atoms with Gasteiger partial charge < -0.3 is 9.88 Å². The molecular weight excluding hydrogens is 433 g/mol. The van der Waals surface area contributed by atoms with Gasteiger partial charge in [0.1, 0.15) is 11.7 Å². The molecule has 1 aromatic heterocycles. The second-order valence-electron chi connectivity index (χ2n) is 7.33. The van der Waals surface area contributed by atoms with E-state index >= 15 is 0 Å². The maximum absolute atomic E-state index is 14.3. The van der Waals surface area contributed by atoms with Crippen molar-refractivity contribution < 1.29 is 17.6 Å². The largest absolute Gasteiger partial charge is 0.326 e. The van der Waals surface area contributed by atoms with Gasteiger partial charge in [0.2, 0.25) is 5.91 Å². The number of sulfonamides is 1. The van der Waals surface area contributed by atoms with Crippen molar-refractivity contribution in [3.05, 3.63) is 72.6 Å². The zero-order valence-electron chi connectivity index (χ0n) is 17.2. The fourth-order valence-electron chi connectivity index (χ4n) is 3.44. The van der Waals surface area contributed by atoms with Gasteiger partial charge in [0.05, 0.1) is 16.9 Å². The predicted octanol–water partition coefficient (Wildman–Crippen LogP) is 3.25. The number of benzene rings is 2. The Morgan fingerprint density at radius 1 is 1.16 bits per heavy atom. The number of carbonyl (C=O) groups excluding carboxylic acids is 1. The van der Waals surface area contributed by atoms with Crippen LogP contribution in [0.4, 0.5) is 10.1 Å². The van der Waals surface area contributed by atoms with E-state index in [1.165, 1.54) is 12.4 Å². The van der Waals surface area contributed by atoms with Gasteiger partial charge in [-0.3, -0.25) is 14.5 Å². The van der Waals surface area contributed by atoms with Crippen LogP contribution in [-0.2, 0) is 14.8 Å². The van der Waals surface area contributed by atoms with E-state index in [1.807, 2.05) is 0 Å². The molecule has 32 heavy (non-hydrogen) atoms. The Kier molecular flexibility index (Phi) is 6.31. The molecule has 2 aromatic carbocycles. The van der Waals surface area contributed by atoms with Gasteiger partial charge in [0, 0.05) is 36.6 Å². The van der Waals surface area contributed by atoms with E-state index in [4.69, 9.17) is 0 Å². The average molecular weight is 456 g/mol. The standard InChI is InChI=1S/C22H22FN5O3S/c23-18-14-16(9-10-19(18)28-13-12-24-15-28)26-21(29)8-2-1-5-11-25-22-17-6-3-4-7-20(17)32(30,31)27-22/h3-4,6-7,9-10,12-15H,1-2,5,8,11H2,(H,25,27)(H,26,29). The molecule has 3 aromatic rings. The molecular formula is C22H22FN5O3S. The molecule has 0 atom stereocenters. The number of rotatable bonds is 8. The summed E-state index contributed by atoms with van der Waals surface area (Å²) >= 11 is 0. The number of aliphatic imine (C=N–C) groups is 1. The van der Waals surface area contributed by atoms with E-state index in [1.54, 1.807) is 53.4 Å². The zero-order chi connectivity index (χ0) is 22.6. The molecule has 0 unspecified atom stereocenters. The van der Waals surface area contributed by atoms with E-state index in [0.29, 0.717) is 42.2 Å². The quantitative estimate of drug-likeness (QED) is 0.509. The number of nitrogens with zero attached hydrogens (tertiary/aromatic N) is 3. The number of amides is 1. The van der Waals surface area contributed by atoms with E-state index in [2.05, 4.69) is 20.0 Å². The van der Waals surface area contributed by atoms with Crippen LogP contribution in [0.1, 0.15) is 31.2 Å². The first-order valence-electron chi connectivity index (χ1n) is 10.2. The molecule has 0 aliphatic carbocycles. The summed E-state index contributed by atoms with van der Waals surface area (Å²) in [6.07, 6.45) is 7.13. The van der Waals surface area contributed by atoms with Gasteiger partial charge in [-0.25, -0.2) is 17.8 Å². The minimum Gasteiger partial charge on any atom is -0.326 e. The normalized spacial score (nSPS) is 15.3. The predicted molar refractivity (Wildman–Crippen MR) is 119 cm³/mol. The lowest BCUT2D eigenvalue weighted by molar-refractivity contribution is -0.116. The maximum Gasteiger partial charge on any atom is 0.263 e. The van der Waals surface area contributed by atoms with Crippen molar-refractivity contribution in [3.63, 3.8) is 0 Å². The smallest absolute Gasteiger partial charge is 0.263 e. The van der Waals surface area contributed by atoms with Crippen molar-refractivity contribution in [2.75, 3.05) is 11.9 Å². The third-order valence-electron chi connectivity index (χ3n) is 5.01. The molecule has 1 amide bonds. The van der Waals surface area contributed by atoms with Crippen LogP contribution in [0.2, 0.25) is 0 Å². The summed E-state index contributed by atoms with van der Waals surface area (Å²) in [6, 6.07) is 11.2. The summed E-state index contributed by atoms with van der Waals surface area (Å²) in [6.45, 7) is 0.453. The van der Waals surface area contributed by atoms with Crippen molar-refractivity contribution in [3.8, 4) is 5.69 Å². The minimum absolute atomic E-state index is 0.191. The van der Waals surface area contributed by atoms with E-state index in [-0.39, 0.29) is 10.8 Å². The van der Waals surface area contributed by atoms with Crippen LogP contribution in [0.3, 0.4) is 0 Å². The summed E-state index contributed by atoms with van der Waals surface area (Å²) in [4.78, 5) is 20.6. The van der Waals surface area contributed by atoms with Crippen molar-refractivity contribution >= 4 is 27.5 Å². The SMILES string of the molecule is O=C(CCCCCN=C1NS(=O)(=O)c2ccccc21)Nc1ccc(-n2ccnc2)c(F)c1. The third-order valence-corrected chi connectivity index (χ3v) is 6.41. The Labute approximate surface area is 185 Å². The van der Waals surface area contributed by atoms with Crippen LogP contribution in [-0.4, -0.2) is 36.3 Å². The fourth-order valence-corrected chi connectivity index (χ4v) is 4.69. The Morgan fingerprint density at radius 2 is 2.00 bits per heavy atom. The van der Waals surface area contributed by atoms with E-state index in [0.717, 1.165) is 12.8 Å². The van der Waals surface area contributed by atoms with Crippen LogP contribution in [0.25, 0.3) is 5.69 Å². The van der Waals surface area contributed by atoms with Gasteiger partial charge in [-0.2, -0.15) is 0 Å². The lowest BCUT2D eigenvalue weighted by atomic mass is 10.1. The van der Waals surface area contributed by atoms with Crippen LogP contribution in [0, 0.1) is 5.82 Å². The Morgan fingerprint density at radius 3 is 2.78 bits per heavy atom. The number of carbonyl (C=O) groups is 1. The average Bonchev–Trinajstić information content (AvgIpc) is 3.38. The second kappa shape index (κ2) is 9.31. The lowest BCUT2D eigenvalue weighted by Gasteiger charge is -2.08. The van der Waals surface area contributed by atoms with Crippen molar-refractivity contribution in [1.82, 2.24) is 14.3 Å². The number of unbranched alkanes of at least 4 members (excludes halogenated alkanes) is 2. The first-order valence-corrected chi connectivity index (χ1v) is 11.7. The Hall–Kier alpha value is -3.53. The molecule has 0 saturated carbocycles.